The van der Waals surface area contributed by atoms with Gasteiger partial charge in [-0.3, -0.25) is 4.79 Å². The molecule has 4 rings (SSSR count). The maximum Gasteiger partial charge on any atom is 0.299 e. The number of aromatic nitrogens is 3. The number of piperidine rings is 1. The summed E-state index contributed by atoms with van der Waals surface area (Å²) in [6.45, 7) is 4.13. The number of carbonyl (C=O) groups is 1. The fourth-order valence-electron chi connectivity index (χ4n) is 3.31. The quantitative estimate of drug-likeness (QED) is 0.742. The first kappa shape index (κ1) is 17.0. The van der Waals surface area contributed by atoms with E-state index in [1.54, 1.807) is 17.5 Å². The van der Waals surface area contributed by atoms with E-state index in [4.69, 9.17) is 4.42 Å². The molecule has 4 heterocycles. The largest absolute Gasteiger partial charge is 0.422 e. The molecule has 7 nitrogen and oxygen atoms in total. The molecule has 1 aliphatic heterocycles. The first-order chi connectivity index (χ1) is 12.7. The van der Waals surface area contributed by atoms with Crippen LogP contribution in [-0.2, 0) is 11.3 Å². The molecule has 136 valence electrons. The summed E-state index contributed by atoms with van der Waals surface area (Å²) in [5.74, 6) is 0.366. The van der Waals surface area contributed by atoms with Crippen molar-refractivity contribution < 1.29 is 9.21 Å². The molecule has 3 aromatic heterocycles. The maximum absolute atomic E-state index is 12.3. The van der Waals surface area contributed by atoms with E-state index in [1.165, 1.54) is 0 Å². The van der Waals surface area contributed by atoms with Gasteiger partial charge in [0.15, 0.2) is 5.58 Å². The van der Waals surface area contributed by atoms with Gasteiger partial charge >= 0.3 is 0 Å². The highest BCUT2D eigenvalue weighted by molar-refractivity contribution is 7.09. The Kier molecular flexibility index (Phi) is 4.83. The summed E-state index contributed by atoms with van der Waals surface area (Å²) in [6.07, 6.45) is 4.29. The monoisotopic (exact) mass is 371 g/mol. The molecule has 1 saturated heterocycles. The number of amides is 1. The van der Waals surface area contributed by atoms with Crippen molar-refractivity contribution in [3.63, 3.8) is 0 Å². The highest BCUT2D eigenvalue weighted by Crippen LogP contribution is 2.26. The molecule has 0 saturated carbocycles. The van der Waals surface area contributed by atoms with Crippen LogP contribution in [0.25, 0.3) is 11.2 Å². The van der Waals surface area contributed by atoms with E-state index in [-0.39, 0.29) is 5.91 Å². The number of anilines is 1. The van der Waals surface area contributed by atoms with Crippen LogP contribution < -0.4 is 10.2 Å². The van der Waals surface area contributed by atoms with Crippen LogP contribution in [0.5, 0.6) is 0 Å². The van der Waals surface area contributed by atoms with Crippen LogP contribution in [0.3, 0.4) is 0 Å². The molecular formula is C18H21N5O2S. The van der Waals surface area contributed by atoms with Crippen molar-refractivity contribution in [3.05, 3.63) is 34.4 Å². The molecule has 1 unspecified atom stereocenters. The number of pyridine rings is 1. The van der Waals surface area contributed by atoms with Crippen LogP contribution in [-0.4, -0.2) is 33.9 Å². The predicted molar refractivity (Wildman–Crippen MR) is 100 cm³/mol. The van der Waals surface area contributed by atoms with Crippen molar-refractivity contribution in [1.82, 2.24) is 20.3 Å². The number of aryl methyl sites for hydroxylation is 1. The van der Waals surface area contributed by atoms with Gasteiger partial charge in [0.25, 0.3) is 6.01 Å². The van der Waals surface area contributed by atoms with Crippen LogP contribution in [0.15, 0.2) is 28.1 Å². The SMILES string of the molecule is Cc1nc(CNC(=O)CC2CCCN(c3nc4ncccc4o3)C2)cs1. The molecule has 1 amide bonds. The van der Waals surface area contributed by atoms with Crippen molar-refractivity contribution in [3.8, 4) is 0 Å². The lowest BCUT2D eigenvalue weighted by Crippen LogP contribution is -2.38. The van der Waals surface area contributed by atoms with Gasteiger partial charge in [-0.15, -0.1) is 11.3 Å². The molecule has 26 heavy (non-hydrogen) atoms. The Morgan fingerprint density at radius 2 is 2.38 bits per heavy atom. The fraction of sp³-hybridized carbons (Fsp3) is 0.444. The first-order valence-corrected chi connectivity index (χ1v) is 9.69. The van der Waals surface area contributed by atoms with E-state index < -0.39 is 0 Å². The molecule has 3 aromatic rings. The number of nitrogens with one attached hydrogen (secondary N) is 1. The van der Waals surface area contributed by atoms with Crippen molar-refractivity contribution in [2.75, 3.05) is 18.0 Å². The minimum atomic E-state index is 0.0711. The Bertz CT molecular complexity index is 873. The number of carbonyl (C=O) groups excluding carboxylic acids is 1. The first-order valence-electron chi connectivity index (χ1n) is 8.81. The minimum Gasteiger partial charge on any atom is -0.422 e. The summed E-state index contributed by atoms with van der Waals surface area (Å²) in [4.78, 5) is 27.4. The summed E-state index contributed by atoms with van der Waals surface area (Å²) in [7, 11) is 0. The second kappa shape index (κ2) is 7.41. The lowest BCUT2D eigenvalue weighted by molar-refractivity contribution is -0.122. The third-order valence-corrected chi connectivity index (χ3v) is 5.37. The van der Waals surface area contributed by atoms with Gasteiger partial charge in [0.2, 0.25) is 11.6 Å². The lowest BCUT2D eigenvalue weighted by Gasteiger charge is -2.31. The number of hydrogen-bond acceptors (Lipinski definition) is 7. The second-order valence-corrected chi connectivity index (χ2v) is 7.68. The third-order valence-electron chi connectivity index (χ3n) is 4.55. The minimum absolute atomic E-state index is 0.0711. The van der Waals surface area contributed by atoms with Gasteiger partial charge < -0.3 is 14.6 Å². The van der Waals surface area contributed by atoms with Crippen molar-refractivity contribution in [2.24, 2.45) is 5.92 Å². The summed E-state index contributed by atoms with van der Waals surface area (Å²) in [5, 5.41) is 5.98. The van der Waals surface area contributed by atoms with Gasteiger partial charge in [-0.25, -0.2) is 9.97 Å². The van der Waals surface area contributed by atoms with Crippen molar-refractivity contribution in [2.45, 2.75) is 32.7 Å². The average molecular weight is 371 g/mol. The third kappa shape index (κ3) is 3.85. The van der Waals surface area contributed by atoms with Gasteiger partial charge in [-0.05, 0) is 37.8 Å². The molecule has 0 bridgehead atoms. The molecule has 0 aliphatic carbocycles. The zero-order valence-corrected chi connectivity index (χ0v) is 15.5. The molecule has 1 N–H and O–H groups in total. The summed E-state index contributed by atoms with van der Waals surface area (Å²) in [6, 6.07) is 4.31. The number of hydrogen-bond donors (Lipinski definition) is 1. The van der Waals surface area contributed by atoms with Crippen LogP contribution >= 0.6 is 11.3 Å². The van der Waals surface area contributed by atoms with E-state index in [0.29, 0.717) is 36.1 Å². The maximum atomic E-state index is 12.3. The van der Waals surface area contributed by atoms with Crippen LogP contribution in [0.4, 0.5) is 6.01 Å². The van der Waals surface area contributed by atoms with E-state index in [0.717, 1.165) is 36.6 Å². The van der Waals surface area contributed by atoms with Crippen LogP contribution in [0, 0.1) is 12.8 Å². The summed E-state index contributed by atoms with van der Waals surface area (Å²) < 4.78 is 5.81. The highest BCUT2D eigenvalue weighted by atomic mass is 32.1. The number of nitrogens with zero attached hydrogens (tertiary/aromatic N) is 4. The molecule has 1 atom stereocenters. The number of fused-ring (bicyclic) bond motifs is 1. The lowest BCUT2D eigenvalue weighted by atomic mass is 9.94. The second-order valence-electron chi connectivity index (χ2n) is 6.61. The van der Waals surface area contributed by atoms with Crippen LogP contribution in [0.1, 0.15) is 30.0 Å². The molecule has 0 spiro atoms. The van der Waals surface area contributed by atoms with E-state index >= 15 is 0 Å². The average Bonchev–Trinajstić information content (AvgIpc) is 3.26. The standard InChI is InChI=1S/C18H21N5O2S/c1-12-21-14(11-26-12)9-20-16(24)8-13-4-3-7-23(10-13)18-22-17-15(25-18)5-2-6-19-17/h2,5-6,11,13H,3-4,7-10H2,1H3,(H,20,24). The number of thiazole rings is 1. The summed E-state index contributed by atoms with van der Waals surface area (Å²) >= 11 is 1.60. The van der Waals surface area contributed by atoms with E-state index in [2.05, 4.69) is 25.2 Å². The Balaban J connectivity index is 1.33. The number of rotatable bonds is 5. The predicted octanol–water partition coefficient (Wildman–Crippen LogP) is 2.91. The molecule has 0 aromatic carbocycles. The molecule has 1 aliphatic rings. The molecule has 0 radical (unpaired) electrons. The Morgan fingerprint density at radius 1 is 1.46 bits per heavy atom. The fourth-order valence-corrected chi connectivity index (χ4v) is 3.92. The Morgan fingerprint density at radius 3 is 3.19 bits per heavy atom. The van der Waals surface area contributed by atoms with Gasteiger partial charge in [-0.2, -0.15) is 4.98 Å². The van der Waals surface area contributed by atoms with Crippen molar-refractivity contribution in [1.29, 1.82) is 0 Å². The van der Waals surface area contributed by atoms with E-state index in [1.807, 2.05) is 24.4 Å². The molecule has 1 fully saturated rings. The summed E-state index contributed by atoms with van der Waals surface area (Å²) in [5.41, 5.74) is 2.24. The smallest absolute Gasteiger partial charge is 0.299 e. The van der Waals surface area contributed by atoms with Crippen LogP contribution in [0.2, 0.25) is 0 Å². The highest BCUT2D eigenvalue weighted by Gasteiger charge is 2.25. The zero-order chi connectivity index (χ0) is 17.9. The Hall–Kier alpha value is -2.48. The van der Waals surface area contributed by atoms with Crippen molar-refractivity contribution >= 4 is 34.5 Å². The zero-order valence-electron chi connectivity index (χ0n) is 14.6. The molecule has 8 heteroatoms. The van der Waals surface area contributed by atoms with Gasteiger partial charge in [-0.1, -0.05) is 0 Å². The van der Waals surface area contributed by atoms with E-state index in [9.17, 15) is 4.79 Å². The molecular weight excluding hydrogens is 350 g/mol. The van der Waals surface area contributed by atoms with Gasteiger partial charge in [0.1, 0.15) is 0 Å². The van der Waals surface area contributed by atoms with Gasteiger partial charge in [0.05, 0.1) is 17.2 Å². The normalized spacial score (nSPS) is 17.6. The number of oxazole rings is 1. The van der Waals surface area contributed by atoms with Gasteiger partial charge in [0, 0.05) is 31.1 Å². The Labute approximate surface area is 155 Å². The topological polar surface area (TPSA) is 84.2 Å².